The van der Waals surface area contributed by atoms with Crippen molar-refractivity contribution in [1.29, 1.82) is 0 Å². The van der Waals surface area contributed by atoms with Crippen molar-refractivity contribution >= 4 is 45.9 Å². The van der Waals surface area contributed by atoms with E-state index in [0.29, 0.717) is 5.82 Å². The van der Waals surface area contributed by atoms with Crippen LogP contribution >= 0.6 is 34.2 Å². The van der Waals surface area contributed by atoms with Gasteiger partial charge in [-0.25, -0.2) is 15.0 Å². The minimum Gasteiger partial charge on any atom is -0.305 e. The van der Waals surface area contributed by atoms with Crippen LogP contribution in [0.2, 0.25) is 5.15 Å². The first-order valence-corrected chi connectivity index (χ1v) is 6.01. The summed E-state index contributed by atoms with van der Waals surface area (Å²) in [5.41, 5.74) is 0.190. The molecule has 1 amide bonds. The van der Waals surface area contributed by atoms with E-state index in [9.17, 15) is 4.79 Å². The van der Waals surface area contributed by atoms with Crippen LogP contribution in [0.25, 0.3) is 0 Å². The molecule has 1 N–H and O–H groups in total. The van der Waals surface area contributed by atoms with Gasteiger partial charge in [0.15, 0.2) is 0 Å². The molecule has 0 radical (unpaired) electrons. The van der Waals surface area contributed by atoms with Gasteiger partial charge in [0, 0.05) is 9.77 Å². The summed E-state index contributed by atoms with van der Waals surface area (Å²) in [6, 6.07) is 3.56. The molecule has 0 aliphatic heterocycles. The van der Waals surface area contributed by atoms with Crippen molar-refractivity contribution in [3.63, 3.8) is 0 Å². The lowest BCUT2D eigenvalue weighted by molar-refractivity contribution is 0.102. The molecule has 0 bridgehead atoms. The Labute approximate surface area is 116 Å². The first-order valence-electron chi connectivity index (χ1n) is 4.55. The number of rotatable bonds is 2. The van der Waals surface area contributed by atoms with Gasteiger partial charge in [-0.1, -0.05) is 11.6 Å². The van der Waals surface area contributed by atoms with Crippen LogP contribution in [-0.4, -0.2) is 20.9 Å². The molecule has 2 heterocycles. The van der Waals surface area contributed by atoms with Gasteiger partial charge in [-0.2, -0.15) is 0 Å². The summed E-state index contributed by atoms with van der Waals surface area (Å²) in [7, 11) is 0. The second-order valence-electron chi connectivity index (χ2n) is 3.04. The predicted molar refractivity (Wildman–Crippen MR) is 71.9 cm³/mol. The van der Waals surface area contributed by atoms with Gasteiger partial charge in [-0.15, -0.1) is 0 Å². The van der Waals surface area contributed by atoms with Crippen LogP contribution < -0.4 is 5.32 Å². The van der Waals surface area contributed by atoms with Crippen LogP contribution in [0.5, 0.6) is 0 Å². The fourth-order valence-corrected chi connectivity index (χ4v) is 1.48. The molecule has 2 aromatic rings. The quantitative estimate of drug-likeness (QED) is 0.835. The van der Waals surface area contributed by atoms with Gasteiger partial charge in [0.05, 0.1) is 12.4 Å². The van der Waals surface area contributed by atoms with Gasteiger partial charge in [0.1, 0.15) is 16.7 Å². The van der Waals surface area contributed by atoms with E-state index in [-0.39, 0.29) is 16.8 Å². The van der Waals surface area contributed by atoms with Crippen molar-refractivity contribution in [2.24, 2.45) is 0 Å². The Morgan fingerprint density at radius 1 is 1.18 bits per heavy atom. The average molecular weight is 361 g/mol. The number of hydrogen-bond acceptors (Lipinski definition) is 4. The van der Waals surface area contributed by atoms with Crippen molar-refractivity contribution in [3.8, 4) is 0 Å². The molecule has 0 aliphatic rings. The third-order valence-corrected chi connectivity index (χ3v) is 2.66. The molecule has 2 aromatic heterocycles. The first-order chi connectivity index (χ1) is 8.15. The Bertz CT molecular complexity index is 529. The molecule has 0 spiro atoms. The van der Waals surface area contributed by atoms with E-state index in [1.807, 2.05) is 6.07 Å². The normalized spacial score (nSPS) is 10.0. The standard InChI is InChI=1S/C10H6ClIN4O/c11-8-5-13-7(4-14-8)10(17)16-9-2-1-6(12)3-15-9/h1-5H,(H,15,16,17). The highest BCUT2D eigenvalue weighted by Gasteiger charge is 2.08. The Balaban J connectivity index is 2.11. The largest absolute Gasteiger partial charge is 0.305 e. The number of aromatic nitrogens is 3. The molecule has 0 aliphatic carbocycles. The Morgan fingerprint density at radius 2 is 2.00 bits per heavy atom. The highest BCUT2D eigenvalue weighted by atomic mass is 127. The average Bonchev–Trinajstić information content (AvgIpc) is 2.33. The summed E-state index contributed by atoms with van der Waals surface area (Å²) in [4.78, 5) is 23.4. The van der Waals surface area contributed by atoms with Crippen molar-refractivity contribution in [2.75, 3.05) is 5.32 Å². The van der Waals surface area contributed by atoms with Crippen LogP contribution in [-0.2, 0) is 0 Å². The lowest BCUT2D eigenvalue weighted by Gasteiger charge is -2.03. The summed E-state index contributed by atoms with van der Waals surface area (Å²) in [5, 5.41) is 2.85. The molecule has 0 fully saturated rings. The maximum absolute atomic E-state index is 11.7. The maximum Gasteiger partial charge on any atom is 0.277 e. The summed E-state index contributed by atoms with van der Waals surface area (Å²) >= 11 is 7.71. The minimum absolute atomic E-state index is 0.190. The molecular weight excluding hydrogens is 354 g/mol. The molecule has 17 heavy (non-hydrogen) atoms. The fourth-order valence-electron chi connectivity index (χ4n) is 1.06. The number of halogens is 2. The van der Waals surface area contributed by atoms with Gasteiger partial charge in [0.2, 0.25) is 0 Å². The first kappa shape index (κ1) is 12.2. The van der Waals surface area contributed by atoms with Crippen molar-refractivity contribution in [3.05, 3.63) is 45.1 Å². The molecule has 2 rings (SSSR count). The molecule has 0 unspecified atom stereocenters. The zero-order valence-corrected chi connectivity index (χ0v) is 11.3. The zero-order chi connectivity index (χ0) is 12.3. The monoisotopic (exact) mass is 360 g/mol. The Kier molecular flexibility index (Phi) is 3.85. The third kappa shape index (κ3) is 3.34. The van der Waals surface area contributed by atoms with Gasteiger partial charge in [0.25, 0.3) is 5.91 Å². The molecule has 5 nitrogen and oxygen atoms in total. The van der Waals surface area contributed by atoms with E-state index >= 15 is 0 Å². The highest BCUT2D eigenvalue weighted by molar-refractivity contribution is 14.1. The number of nitrogens with one attached hydrogen (secondary N) is 1. The molecule has 7 heteroatoms. The van der Waals surface area contributed by atoms with Crippen molar-refractivity contribution in [1.82, 2.24) is 15.0 Å². The van der Waals surface area contributed by atoms with Crippen LogP contribution in [0, 0.1) is 3.57 Å². The smallest absolute Gasteiger partial charge is 0.277 e. The molecule has 86 valence electrons. The summed E-state index contributed by atoms with van der Waals surface area (Å²) in [6.07, 6.45) is 4.28. The predicted octanol–water partition coefficient (Wildman–Crippen LogP) is 2.38. The van der Waals surface area contributed by atoms with Crippen molar-refractivity contribution in [2.45, 2.75) is 0 Å². The lowest BCUT2D eigenvalue weighted by atomic mass is 10.4. The van der Waals surface area contributed by atoms with Crippen molar-refractivity contribution < 1.29 is 4.79 Å². The number of nitrogens with zero attached hydrogens (tertiary/aromatic N) is 3. The van der Waals surface area contributed by atoms with Crippen LogP contribution in [0.1, 0.15) is 10.5 Å². The van der Waals surface area contributed by atoms with E-state index in [1.165, 1.54) is 12.4 Å². The second kappa shape index (κ2) is 5.37. The molecule has 0 aromatic carbocycles. The van der Waals surface area contributed by atoms with E-state index < -0.39 is 0 Å². The third-order valence-electron chi connectivity index (χ3n) is 1.82. The van der Waals surface area contributed by atoms with E-state index in [0.717, 1.165) is 3.57 Å². The van der Waals surface area contributed by atoms with E-state index in [4.69, 9.17) is 11.6 Å². The number of anilines is 1. The molecular formula is C10H6ClIN4O. The van der Waals surface area contributed by atoms with Gasteiger partial charge < -0.3 is 5.32 Å². The highest BCUT2D eigenvalue weighted by Crippen LogP contribution is 2.08. The number of carbonyl (C=O) groups excluding carboxylic acids is 1. The van der Waals surface area contributed by atoms with E-state index in [1.54, 1.807) is 12.3 Å². The lowest BCUT2D eigenvalue weighted by Crippen LogP contribution is -2.14. The number of carbonyl (C=O) groups is 1. The Hall–Kier alpha value is -1.28. The molecule has 0 saturated heterocycles. The number of hydrogen-bond donors (Lipinski definition) is 1. The van der Waals surface area contributed by atoms with Crippen LogP contribution in [0.15, 0.2) is 30.7 Å². The SMILES string of the molecule is O=C(Nc1ccc(I)cn1)c1cnc(Cl)cn1. The zero-order valence-electron chi connectivity index (χ0n) is 8.39. The van der Waals surface area contributed by atoms with Gasteiger partial charge in [-0.05, 0) is 34.7 Å². The fraction of sp³-hybridized carbons (Fsp3) is 0. The maximum atomic E-state index is 11.7. The Morgan fingerprint density at radius 3 is 2.59 bits per heavy atom. The number of amides is 1. The van der Waals surface area contributed by atoms with Gasteiger partial charge >= 0.3 is 0 Å². The summed E-state index contributed by atoms with van der Waals surface area (Å²) in [5.74, 6) is 0.0926. The summed E-state index contributed by atoms with van der Waals surface area (Å²) < 4.78 is 0.992. The van der Waals surface area contributed by atoms with E-state index in [2.05, 4.69) is 42.9 Å². The molecule has 0 atom stereocenters. The van der Waals surface area contributed by atoms with Gasteiger partial charge in [-0.3, -0.25) is 4.79 Å². The topological polar surface area (TPSA) is 67.8 Å². The summed E-state index contributed by atoms with van der Waals surface area (Å²) in [6.45, 7) is 0. The second-order valence-corrected chi connectivity index (χ2v) is 4.67. The molecule has 0 saturated carbocycles. The minimum atomic E-state index is -0.372. The van der Waals surface area contributed by atoms with Crippen LogP contribution in [0.3, 0.4) is 0 Å². The number of pyridine rings is 1. The van der Waals surface area contributed by atoms with Crippen LogP contribution in [0.4, 0.5) is 5.82 Å².